The third kappa shape index (κ3) is 5.21. The third-order valence-electron chi connectivity index (χ3n) is 5.85. The van der Waals surface area contributed by atoms with E-state index in [-0.39, 0.29) is 10.8 Å². The number of anilines is 1. The number of likely N-dealkylation sites (N-methyl/N-ethyl adjacent to an activating group) is 1. The molecule has 1 amide bonds. The molecule has 7 heteroatoms. The number of carbonyl (C=O) groups is 1. The topological polar surface area (TPSA) is 69.7 Å². The molecule has 6 nitrogen and oxygen atoms in total. The molecule has 3 rings (SSSR count). The molecular weight excluding hydrogens is 398 g/mol. The van der Waals surface area contributed by atoms with Gasteiger partial charge in [0.25, 0.3) is 15.9 Å². The van der Waals surface area contributed by atoms with Crippen LogP contribution in [0.2, 0.25) is 0 Å². The number of benzene rings is 2. The molecule has 0 aliphatic heterocycles. The summed E-state index contributed by atoms with van der Waals surface area (Å²) >= 11 is 0. The first-order chi connectivity index (χ1) is 14.3. The van der Waals surface area contributed by atoms with Crippen molar-refractivity contribution in [2.45, 2.75) is 43.5 Å². The van der Waals surface area contributed by atoms with Crippen LogP contribution in [0, 0.1) is 6.92 Å². The van der Waals surface area contributed by atoms with Crippen molar-refractivity contribution in [1.82, 2.24) is 10.2 Å². The van der Waals surface area contributed by atoms with Gasteiger partial charge in [0.05, 0.1) is 10.6 Å². The number of nitrogens with one attached hydrogen (secondary N) is 1. The predicted molar refractivity (Wildman–Crippen MR) is 120 cm³/mol. The Balaban J connectivity index is 1.65. The SMILES string of the molecule is Cc1ccc(N(C)S(=O)(=O)c2cccc(C(=O)NCCN(C)C3CCCC3)c2)cc1. The highest BCUT2D eigenvalue weighted by Gasteiger charge is 2.23. The molecule has 0 radical (unpaired) electrons. The lowest BCUT2D eigenvalue weighted by Crippen LogP contribution is -2.37. The van der Waals surface area contributed by atoms with E-state index in [1.54, 1.807) is 24.3 Å². The normalized spacial score (nSPS) is 14.8. The van der Waals surface area contributed by atoms with E-state index in [1.165, 1.54) is 49.2 Å². The van der Waals surface area contributed by atoms with Crippen molar-refractivity contribution >= 4 is 21.6 Å². The minimum absolute atomic E-state index is 0.0984. The van der Waals surface area contributed by atoms with E-state index in [9.17, 15) is 13.2 Å². The Morgan fingerprint density at radius 1 is 1.07 bits per heavy atom. The zero-order valence-corrected chi connectivity index (χ0v) is 18.8. The molecule has 1 aliphatic rings. The van der Waals surface area contributed by atoms with Gasteiger partial charge >= 0.3 is 0 Å². The Morgan fingerprint density at radius 2 is 1.73 bits per heavy atom. The van der Waals surface area contributed by atoms with E-state index in [0.717, 1.165) is 12.1 Å². The molecular formula is C23H31N3O3S. The first-order valence-corrected chi connectivity index (χ1v) is 11.9. The molecule has 1 aliphatic carbocycles. The molecule has 30 heavy (non-hydrogen) atoms. The quantitative estimate of drug-likeness (QED) is 0.698. The van der Waals surface area contributed by atoms with Crippen molar-refractivity contribution in [3.8, 4) is 0 Å². The summed E-state index contributed by atoms with van der Waals surface area (Å²) in [6.45, 7) is 3.27. The van der Waals surface area contributed by atoms with E-state index in [1.807, 2.05) is 19.1 Å². The molecule has 1 N–H and O–H groups in total. The summed E-state index contributed by atoms with van der Waals surface area (Å²) in [6.07, 6.45) is 5.00. The van der Waals surface area contributed by atoms with E-state index in [2.05, 4.69) is 17.3 Å². The van der Waals surface area contributed by atoms with Gasteiger partial charge in [0.15, 0.2) is 0 Å². The van der Waals surface area contributed by atoms with Crippen LogP contribution in [0.5, 0.6) is 0 Å². The van der Waals surface area contributed by atoms with Gasteiger partial charge in [-0.1, -0.05) is 36.6 Å². The van der Waals surface area contributed by atoms with Gasteiger partial charge in [-0.25, -0.2) is 8.42 Å². The van der Waals surface area contributed by atoms with Gasteiger partial charge in [-0.05, 0) is 57.1 Å². The molecule has 0 bridgehead atoms. The van der Waals surface area contributed by atoms with Crippen molar-refractivity contribution in [2.75, 3.05) is 31.5 Å². The fourth-order valence-electron chi connectivity index (χ4n) is 3.82. The lowest BCUT2D eigenvalue weighted by Gasteiger charge is -2.24. The van der Waals surface area contributed by atoms with Crippen LogP contribution < -0.4 is 9.62 Å². The smallest absolute Gasteiger partial charge is 0.264 e. The molecule has 0 spiro atoms. The maximum Gasteiger partial charge on any atom is 0.264 e. The first-order valence-electron chi connectivity index (χ1n) is 10.4. The second-order valence-corrected chi connectivity index (χ2v) is 9.98. The number of sulfonamides is 1. The maximum atomic E-state index is 13.0. The highest BCUT2D eigenvalue weighted by Crippen LogP contribution is 2.23. The van der Waals surface area contributed by atoms with Crippen molar-refractivity contribution < 1.29 is 13.2 Å². The van der Waals surface area contributed by atoms with Crippen LogP contribution in [0.25, 0.3) is 0 Å². The molecule has 0 aromatic heterocycles. The summed E-state index contributed by atoms with van der Waals surface area (Å²) in [5.74, 6) is -0.259. The van der Waals surface area contributed by atoms with Gasteiger partial charge < -0.3 is 10.2 Å². The molecule has 2 aromatic carbocycles. The van der Waals surface area contributed by atoms with Crippen LogP contribution in [0.1, 0.15) is 41.6 Å². The van der Waals surface area contributed by atoms with Crippen molar-refractivity contribution in [3.05, 3.63) is 59.7 Å². The zero-order chi connectivity index (χ0) is 21.7. The number of carbonyl (C=O) groups excluding carboxylic acids is 1. The summed E-state index contributed by atoms with van der Waals surface area (Å²) in [5.41, 5.74) is 1.98. The highest BCUT2D eigenvalue weighted by atomic mass is 32.2. The van der Waals surface area contributed by atoms with Crippen LogP contribution >= 0.6 is 0 Å². The van der Waals surface area contributed by atoms with Gasteiger partial charge in [-0.2, -0.15) is 0 Å². The summed E-state index contributed by atoms with van der Waals surface area (Å²) in [5, 5.41) is 2.91. The largest absolute Gasteiger partial charge is 0.351 e. The fraction of sp³-hybridized carbons (Fsp3) is 0.435. The van der Waals surface area contributed by atoms with E-state index in [0.29, 0.717) is 23.8 Å². The van der Waals surface area contributed by atoms with Crippen LogP contribution in [0.15, 0.2) is 53.4 Å². The summed E-state index contributed by atoms with van der Waals surface area (Å²) < 4.78 is 27.3. The van der Waals surface area contributed by atoms with Crippen LogP contribution in [-0.4, -0.2) is 52.5 Å². The van der Waals surface area contributed by atoms with E-state index < -0.39 is 10.0 Å². The fourth-order valence-corrected chi connectivity index (χ4v) is 5.07. The first kappa shape index (κ1) is 22.3. The minimum atomic E-state index is -3.76. The summed E-state index contributed by atoms with van der Waals surface area (Å²) in [6, 6.07) is 14.1. The minimum Gasteiger partial charge on any atom is -0.351 e. The molecule has 0 unspecified atom stereocenters. The molecule has 1 fully saturated rings. The Labute approximate surface area is 179 Å². The average Bonchev–Trinajstić information content (AvgIpc) is 3.29. The van der Waals surface area contributed by atoms with Crippen LogP contribution in [-0.2, 0) is 10.0 Å². The van der Waals surface area contributed by atoms with Crippen molar-refractivity contribution in [1.29, 1.82) is 0 Å². The second-order valence-electron chi connectivity index (χ2n) is 8.01. The molecule has 0 atom stereocenters. The molecule has 0 saturated heterocycles. The average molecular weight is 430 g/mol. The number of hydrogen-bond acceptors (Lipinski definition) is 4. The van der Waals surface area contributed by atoms with Gasteiger partial charge in [0.2, 0.25) is 0 Å². The highest BCUT2D eigenvalue weighted by molar-refractivity contribution is 7.92. The lowest BCUT2D eigenvalue weighted by molar-refractivity contribution is 0.0947. The number of hydrogen-bond donors (Lipinski definition) is 1. The number of amides is 1. The lowest BCUT2D eigenvalue weighted by atomic mass is 10.2. The van der Waals surface area contributed by atoms with E-state index >= 15 is 0 Å². The maximum absolute atomic E-state index is 13.0. The number of nitrogens with zero attached hydrogens (tertiary/aromatic N) is 2. The Morgan fingerprint density at radius 3 is 2.40 bits per heavy atom. The Hall–Kier alpha value is -2.38. The Kier molecular flexibility index (Phi) is 7.15. The van der Waals surface area contributed by atoms with Crippen LogP contribution in [0.3, 0.4) is 0 Å². The second kappa shape index (κ2) is 9.62. The molecule has 0 heterocycles. The standard InChI is InChI=1S/C23H31N3O3S/c1-18-11-13-21(14-12-18)26(3)30(28,29)22-10-6-7-19(17-22)23(27)24-15-16-25(2)20-8-4-5-9-20/h6-7,10-14,17,20H,4-5,8-9,15-16H2,1-3H3,(H,24,27). The zero-order valence-electron chi connectivity index (χ0n) is 18.0. The van der Waals surface area contributed by atoms with Crippen molar-refractivity contribution in [2.24, 2.45) is 0 Å². The summed E-state index contributed by atoms with van der Waals surface area (Å²) in [4.78, 5) is 15.0. The monoisotopic (exact) mass is 429 g/mol. The molecule has 162 valence electrons. The molecule has 2 aromatic rings. The van der Waals surface area contributed by atoms with Crippen LogP contribution in [0.4, 0.5) is 5.69 Å². The number of aryl methyl sites for hydroxylation is 1. The third-order valence-corrected chi connectivity index (χ3v) is 7.63. The van der Waals surface area contributed by atoms with Gasteiger partial charge in [0, 0.05) is 31.7 Å². The predicted octanol–water partition coefficient (Wildman–Crippen LogP) is 3.42. The summed E-state index contributed by atoms with van der Waals surface area (Å²) in [7, 11) is -0.148. The molecule has 1 saturated carbocycles. The van der Waals surface area contributed by atoms with Crippen molar-refractivity contribution in [3.63, 3.8) is 0 Å². The van der Waals surface area contributed by atoms with E-state index in [4.69, 9.17) is 0 Å². The van der Waals surface area contributed by atoms with Gasteiger partial charge in [-0.3, -0.25) is 9.10 Å². The van der Waals surface area contributed by atoms with Gasteiger partial charge in [-0.15, -0.1) is 0 Å². The number of rotatable bonds is 8. The van der Waals surface area contributed by atoms with Gasteiger partial charge in [0.1, 0.15) is 0 Å². The Bertz CT molecular complexity index is 967.